The van der Waals surface area contributed by atoms with Gasteiger partial charge >= 0.3 is 0 Å². The zero-order valence-corrected chi connectivity index (χ0v) is 11.6. The second-order valence-corrected chi connectivity index (χ2v) is 5.00. The van der Waals surface area contributed by atoms with E-state index in [4.69, 9.17) is 17.4 Å². The third-order valence-corrected chi connectivity index (χ3v) is 3.83. The number of halogens is 1. The molecule has 0 saturated carbocycles. The fraction of sp³-hybridized carbons (Fsp3) is 0.300. The lowest BCUT2D eigenvalue weighted by atomic mass is 10.4. The van der Waals surface area contributed by atoms with E-state index in [0.29, 0.717) is 16.6 Å². The Bertz CT molecular complexity index is 555. The molecule has 0 aliphatic heterocycles. The molecule has 0 unspecified atom stereocenters. The van der Waals surface area contributed by atoms with Gasteiger partial charge in [0.1, 0.15) is 11.6 Å². The molecule has 0 aromatic carbocycles. The topological polar surface area (TPSA) is 81.7 Å². The van der Waals surface area contributed by atoms with Crippen LogP contribution in [-0.4, -0.2) is 19.7 Å². The molecule has 0 radical (unpaired) electrons. The van der Waals surface area contributed by atoms with Crippen LogP contribution in [0.1, 0.15) is 11.5 Å². The molecule has 2 heterocycles. The summed E-state index contributed by atoms with van der Waals surface area (Å²) in [4.78, 5) is 4.30. The lowest BCUT2D eigenvalue weighted by Gasteiger charge is -2.06. The van der Waals surface area contributed by atoms with Gasteiger partial charge < -0.3 is 9.99 Å². The minimum Gasteiger partial charge on any atom is -0.309 e. The molecule has 0 fully saturated rings. The van der Waals surface area contributed by atoms with Crippen molar-refractivity contribution in [1.29, 1.82) is 0 Å². The summed E-state index contributed by atoms with van der Waals surface area (Å²) in [5, 5.41) is 9.50. The van der Waals surface area contributed by atoms with Gasteiger partial charge in [0.25, 0.3) is 0 Å². The molecule has 2 rings (SSSR count). The van der Waals surface area contributed by atoms with E-state index in [-0.39, 0.29) is 0 Å². The highest BCUT2D eigenvalue weighted by Crippen LogP contribution is 2.25. The SMILES string of the molecule is Cc1nnc(SCc2nc(NN)ccc2Cl)n1C. The van der Waals surface area contributed by atoms with E-state index in [1.54, 1.807) is 12.1 Å². The molecule has 0 aliphatic rings. The van der Waals surface area contributed by atoms with Crippen molar-refractivity contribution >= 4 is 29.2 Å². The van der Waals surface area contributed by atoms with E-state index in [1.165, 1.54) is 11.8 Å². The molecule has 96 valence electrons. The van der Waals surface area contributed by atoms with Gasteiger partial charge in [0, 0.05) is 12.8 Å². The molecule has 6 nitrogen and oxygen atoms in total. The first kappa shape index (κ1) is 13.1. The predicted molar refractivity (Wildman–Crippen MR) is 72.4 cm³/mol. The van der Waals surface area contributed by atoms with Crippen LogP contribution in [0, 0.1) is 6.92 Å². The van der Waals surface area contributed by atoms with Gasteiger partial charge in [0.15, 0.2) is 5.16 Å². The van der Waals surface area contributed by atoms with E-state index in [2.05, 4.69) is 20.6 Å². The zero-order chi connectivity index (χ0) is 13.1. The van der Waals surface area contributed by atoms with Crippen LogP contribution in [0.5, 0.6) is 0 Å². The summed E-state index contributed by atoms with van der Waals surface area (Å²) in [5.41, 5.74) is 3.26. The van der Waals surface area contributed by atoms with Crippen LogP contribution in [0.3, 0.4) is 0 Å². The minimum absolute atomic E-state index is 0.587. The maximum absolute atomic E-state index is 6.08. The second kappa shape index (κ2) is 5.55. The molecule has 0 saturated heterocycles. The molecule has 0 amide bonds. The van der Waals surface area contributed by atoms with Crippen LogP contribution in [0.25, 0.3) is 0 Å². The molecule has 2 aromatic rings. The number of hydrogen-bond donors (Lipinski definition) is 2. The fourth-order valence-electron chi connectivity index (χ4n) is 1.31. The van der Waals surface area contributed by atoms with Crippen LogP contribution < -0.4 is 11.3 Å². The summed E-state index contributed by atoms with van der Waals surface area (Å²) in [6, 6.07) is 3.49. The van der Waals surface area contributed by atoms with Crippen LogP contribution in [0.15, 0.2) is 17.3 Å². The number of nitrogen functional groups attached to an aromatic ring is 1. The van der Waals surface area contributed by atoms with Crippen molar-refractivity contribution < 1.29 is 0 Å². The number of nitrogens with zero attached hydrogens (tertiary/aromatic N) is 4. The number of anilines is 1. The van der Waals surface area contributed by atoms with Crippen LogP contribution in [0.4, 0.5) is 5.82 Å². The second-order valence-electron chi connectivity index (χ2n) is 3.65. The smallest absolute Gasteiger partial charge is 0.191 e. The zero-order valence-electron chi connectivity index (χ0n) is 10.0. The van der Waals surface area contributed by atoms with E-state index < -0.39 is 0 Å². The van der Waals surface area contributed by atoms with Crippen molar-refractivity contribution in [2.75, 3.05) is 5.43 Å². The maximum atomic E-state index is 6.08. The summed E-state index contributed by atoms with van der Waals surface area (Å²) in [7, 11) is 1.92. The Kier molecular flexibility index (Phi) is 4.05. The first-order valence-corrected chi connectivity index (χ1v) is 6.59. The van der Waals surface area contributed by atoms with Gasteiger partial charge in [-0.05, 0) is 19.1 Å². The molecular weight excluding hydrogens is 272 g/mol. The lowest BCUT2D eigenvalue weighted by molar-refractivity contribution is 0.765. The van der Waals surface area contributed by atoms with Gasteiger partial charge in [-0.3, -0.25) is 0 Å². The third kappa shape index (κ3) is 2.74. The molecule has 0 spiro atoms. The summed E-state index contributed by atoms with van der Waals surface area (Å²) in [6.45, 7) is 1.90. The Labute approximate surface area is 114 Å². The van der Waals surface area contributed by atoms with Crippen molar-refractivity contribution in [3.63, 3.8) is 0 Å². The fourth-order valence-corrected chi connectivity index (χ4v) is 2.47. The molecule has 8 heteroatoms. The summed E-state index contributed by atoms with van der Waals surface area (Å²) >= 11 is 7.61. The maximum Gasteiger partial charge on any atom is 0.191 e. The first-order chi connectivity index (χ1) is 8.61. The number of nitrogens with one attached hydrogen (secondary N) is 1. The number of hydrogen-bond acceptors (Lipinski definition) is 6. The number of pyridine rings is 1. The largest absolute Gasteiger partial charge is 0.309 e. The van der Waals surface area contributed by atoms with Gasteiger partial charge in [-0.15, -0.1) is 10.2 Å². The van der Waals surface area contributed by atoms with Crippen LogP contribution >= 0.6 is 23.4 Å². The van der Waals surface area contributed by atoms with Crippen molar-refractivity contribution in [3.8, 4) is 0 Å². The van der Waals surface area contributed by atoms with Crippen LogP contribution in [-0.2, 0) is 12.8 Å². The van der Waals surface area contributed by atoms with Crippen molar-refractivity contribution in [3.05, 3.63) is 28.7 Å². The summed E-state index contributed by atoms with van der Waals surface area (Å²) < 4.78 is 1.92. The Morgan fingerprint density at radius 3 is 2.83 bits per heavy atom. The normalized spacial score (nSPS) is 10.7. The highest BCUT2D eigenvalue weighted by Gasteiger charge is 2.09. The van der Waals surface area contributed by atoms with E-state index >= 15 is 0 Å². The van der Waals surface area contributed by atoms with Crippen LogP contribution in [0.2, 0.25) is 5.02 Å². The third-order valence-electron chi connectivity index (χ3n) is 2.46. The monoisotopic (exact) mass is 284 g/mol. The van der Waals surface area contributed by atoms with E-state index in [0.717, 1.165) is 16.7 Å². The molecule has 0 aliphatic carbocycles. The molecule has 18 heavy (non-hydrogen) atoms. The van der Waals surface area contributed by atoms with E-state index in [1.807, 2.05) is 18.5 Å². The molecule has 3 N–H and O–H groups in total. The number of rotatable bonds is 4. The highest BCUT2D eigenvalue weighted by molar-refractivity contribution is 7.98. The van der Waals surface area contributed by atoms with Gasteiger partial charge in [-0.1, -0.05) is 23.4 Å². The number of thioether (sulfide) groups is 1. The minimum atomic E-state index is 0.587. The van der Waals surface area contributed by atoms with Gasteiger partial charge in [0.05, 0.1) is 10.7 Å². The molecular formula is C10H13ClN6S. The standard InChI is InChI=1S/C10H13ClN6S/c1-6-15-16-10(17(6)2)18-5-8-7(11)3-4-9(13-8)14-12/h3-4H,5,12H2,1-2H3,(H,13,14). The Hall–Kier alpha value is -1.31. The Balaban J connectivity index is 2.12. The number of aromatic nitrogens is 4. The van der Waals surface area contributed by atoms with Crippen molar-refractivity contribution in [2.45, 2.75) is 17.8 Å². The van der Waals surface area contributed by atoms with E-state index in [9.17, 15) is 0 Å². The number of hydrazine groups is 1. The van der Waals surface area contributed by atoms with Crippen molar-refractivity contribution in [2.24, 2.45) is 12.9 Å². The van der Waals surface area contributed by atoms with Crippen molar-refractivity contribution in [1.82, 2.24) is 19.7 Å². The number of aryl methyl sites for hydroxylation is 1. The number of nitrogens with two attached hydrogens (primary N) is 1. The first-order valence-electron chi connectivity index (χ1n) is 5.22. The predicted octanol–water partition coefficient (Wildman–Crippen LogP) is 1.75. The van der Waals surface area contributed by atoms with Gasteiger partial charge in [-0.2, -0.15) is 0 Å². The summed E-state index contributed by atoms with van der Waals surface area (Å²) in [6.07, 6.45) is 0. The average Bonchev–Trinajstić information content (AvgIpc) is 2.69. The molecule has 0 bridgehead atoms. The average molecular weight is 285 g/mol. The Morgan fingerprint density at radius 2 is 2.22 bits per heavy atom. The molecule has 0 atom stereocenters. The quantitative estimate of drug-likeness (QED) is 0.506. The highest BCUT2D eigenvalue weighted by atomic mass is 35.5. The lowest BCUT2D eigenvalue weighted by Crippen LogP contribution is -2.09. The molecule has 2 aromatic heterocycles. The Morgan fingerprint density at radius 1 is 1.44 bits per heavy atom. The van der Waals surface area contributed by atoms with Gasteiger partial charge in [-0.25, -0.2) is 10.8 Å². The summed E-state index contributed by atoms with van der Waals surface area (Å²) in [5.74, 6) is 7.38. The van der Waals surface area contributed by atoms with Gasteiger partial charge in [0.2, 0.25) is 0 Å².